The number of rotatable bonds is 8. The fraction of sp³-hybridized carbons (Fsp3) is 0.688. The Morgan fingerprint density at radius 2 is 1.95 bits per heavy atom. The Labute approximate surface area is 118 Å². The van der Waals surface area contributed by atoms with Crippen LogP contribution in [0.3, 0.4) is 0 Å². The lowest BCUT2D eigenvalue weighted by Crippen LogP contribution is -2.59. The average Bonchev–Trinajstić information content (AvgIpc) is 2.41. The molecule has 0 bridgehead atoms. The number of hydrogen-bond donors (Lipinski definition) is 1. The zero-order valence-corrected chi connectivity index (χ0v) is 13.1. The van der Waals surface area contributed by atoms with Crippen molar-refractivity contribution in [2.45, 2.75) is 51.6 Å². The summed E-state index contributed by atoms with van der Waals surface area (Å²) in [4.78, 5) is 6.62. The highest BCUT2D eigenvalue weighted by atomic mass is 15.2. The molecule has 1 aromatic rings. The summed E-state index contributed by atoms with van der Waals surface area (Å²) in [6.45, 7) is 7.76. The van der Waals surface area contributed by atoms with Crippen LogP contribution in [0.4, 0.5) is 0 Å². The minimum absolute atomic E-state index is 0.200. The molecule has 0 fully saturated rings. The molecule has 1 aromatic heterocycles. The Bertz CT molecular complexity index is 344. The van der Waals surface area contributed by atoms with Gasteiger partial charge in [0, 0.05) is 24.0 Å². The standard InChI is InChI=1S/C16H29N3/c1-6-16(7-2,19(4)5)15(18-8-3)12-14-10-9-11-17-13-14/h9-11,13,15,18H,6-8,12H2,1-5H3. The molecule has 3 nitrogen and oxygen atoms in total. The van der Waals surface area contributed by atoms with Crippen molar-refractivity contribution in [3.63, 3.8) is 0 Å². The van der Waals surface area contributed by atoms with E-state index in [2.05, 4.69) is 56.1 Å². The minimum atomic E-state index is 0.200. The second kappa shape index (κ2) is 7.61. The summed E-state index contributed by atoms with van der Waals surface area (Å²) in [5, 5.41) is 3.69. The normalized spacial score (nSPS) is 13.8. The molecule has 1 rings (SSSR count). The average molecular weight is 263 g/mol. The highest BCUT2D eigenvalue weighted by Gasteiger charge is 2.37. The van der Waals surface area contributed by atoms with E-state index in [4.69, 9.17) is 0 Å². The number of likely N-dealkylation sites (N-methyl/N-ethyl adjacent to an activating group) is 2. The Morgan fingerprint density at radius 1 is 1.26 bits per heavy atom. The maximum absolute atomic E-state index is 4.24. The van der Waals surface area contributed by atoms with Gasteiger partial charge in [-0.1, -0.05) is 26.8 Å². The summed E-state index contributed by atoms with van der Waals surface area (Å²) in [7, 11) is 4.39. The molecule has 1 unspecified atom stereocenters. The van der Waals surface area contributed by atoms with E-state index in [1.165, 1.54) is 5.56 Å². The van der Waals surface area contributed by atoms with E-state index in [0.29, 0.717) is 6.04 Å². The van der Waals surface area contributed by atoms with Gasteiger partial charge in [0.05, 0.1) is 0 Å². The minimum Gasteiger partial charge on any atom is -0.312 e. The fourth-order valence-electron chi connectivity index (χ4n) is 3.14. The Kier molecular flexibility index (Phi) is 6.46. The lowest BCUT2D eigenvalue weighted by molar-refractivity contribution is 0.0889. The van der Waals surface area contributed by atoms with Crippen molar-refractivity contribution in [1.82, 2.24) is 15.2 Å². The number of pyridine rings is 1. The third kappa shape index (κ3) is 3.77. The van der Waals surface area contributed by atoms with Gasteiger partial charge in [-0.3, -0.25) is 4.98 Å². The number of nitrogens with one attached hydrogen (secondary N) is 1. The highest BCUT2D eigenvalue weighted by molar-refractivity contribution is 5.13. The predicted octanol–water partition coefficient (Wildman–Crippen LogP) is 2.72. The molecule has 0 spiro atoms. The second-order valence-electron chi connectivity index (χ2n) is 5.38. The van der Waals surface area contributed by atoms with Crippen LogP contribution >= 0.6 is 0 Å². The van der Waals surface area contributed by atoms with Gasteiger partial charge in [0.15, 0.2) is 0 Å². The molecule has 1 N–H and O–H groups in total. The molecule has 108 valence electrons. The zero-order chi connectivity index (χ0) is 14.3. The molecule has 0 saturated heterocycles. The molecule has 19 heavy (non-hydrogen) atoms. The van der Waals surface area contributed by atoms with Crippen molar-refractivity contribution in [2.24, 2.45) is 0 Å². The molecule has 0 aliphatic carbocycles. The van der Waals surface area contributed by atoms with Crippen LogP contribution in [0.25, 0.3) is 0 Å². The molecule has 1 heterocycles. The summed E-state index contributed by atoms with van der Waals surface area (Å²) >= 11 is 0. The smallest absolute Gasteiger partial charge is 0.0354 e. The van der Waals surface area contributed by atoms with Crippen molar-refractivity contribution in [3.05, 3.63) is 30.1 Å². The van der Waals surface area contributed by atoms with Crippen LogP contribution in [-0.2, 0) is 6.42 Å². The molecular formula is C16H29N3. The quantitative estimate of drug-likeness (QED) is 0.781. The van der Waals surface area contributed by atoms with Gasteiger partial charge in [0.25, 0.3) is 0 Å². The van der Waals surface area contributed by atoms with E-state index in [-0.39, 0.29) is 5.54 Å². The first-order valence-electron chi connectivity index (χ1n) is 7.40. The Balaban J connectivity index is 2.97. The van der Waals surface area contributed by atoms with Gasteiger partial charge in [-0.25, -0.2) is 0 Å². The third-order valence-electron chi connectivity index (χ3n) is 4.38. The van der Waals surface area contributed by atoms with Crippen LogP contribution in [0.1, 0.15) is 39.2 Å². The van der Waals surface area contributed by atoms with Crippen molar-refractivity contribution < 1.29 is 0 Å². The van der Waals surface area contributed by atoms with E-state index in [9.17, 15) is 0 Å². The van der Waals surface area contributed by atoms with Crippen molar-refractivity contribution in [3.8, 4) is 0 Å². The van der Waals surface area contributed by atoms with Gasteiger partial charge in [0.2, 0.25) is 0 Å². The second-order valence-corrected chi connectivity index (χ2v) is 5.38. The van der Waals surface area contributed by atoms with Crippen molar-refractivity contribution in [1.29, 1.82) is 0 Å². The van der Waals surface area contributed by atoms with Gasteiger partial charge in [-0.15, -0.1) is 0 Å². The molecule has 1 atom stereocenters. The van der Waals surface area contributed by atoms with Gasteiger partial charge >= 0.3 is 0 Å². The SMILES string of the molecule is CCNC(Cc1cccnc1)C(CC)(CC)N(C)C. The van der Waals surface area contributed by atoms with Gasteiger partial charge in [0.1, 0.15) is 0 Å². The molecule has 0 amide bonds. The van der Waals surface area contributed by atoms with Crippen LogP contribution in [0.15, 0.2) is 24.5 Å². The lowest BCUT2D eigenvalue weighted by atomic mass is 9.80. The van der Waals surface area contributed by atoms with E-state index in [1.54, 1.807) is 0 Å². The molecule has 0 aliphatic rings. The topological polar surface area (TPSA) is 28.2 Å². The van der Waals surface area contributed by atoms with Crippen LogP contribution in [0, 0.1) is 0 Å². The third-order valence-corrected chi connectivity index (χ3v) is 4.38. The van der Waals surface area contributed by atoms with Crippen LogP contribution < -0.4 is 5.32 Å². The van der Waals surface area contributed by atoms with Gasteiger partial charge in [-0.2, -0.15) is 0 Å². The van der Waals surface area contributed by atoms with Crippen molar-refractivity contribution >= 4 is 0 Å². The molecular weight excluding hydrogens is 234 g/mol. The van der Waals surface area contributed by atoms with Crippen LogP contribution in [-0.4, -0.2) is 42.1 Å². The van der Waals surface area contributed by atoms with E-state index in [0.717, 1.165) is 25.8 Å². The number of hydrogen-bond acceptors (Lipinski definition) is 3. The van der Waals surface area contributed by atoms with Crippen LogP contribution in [0.5, 0.6) is 0 Å². The molecule has 3 heteroatoms. The summed E-state index contributed by atoms with van der Waals surface area (Å²) in [6.07, 6.45) is 7.14. The van der Waals surface area contributed by atoms with Crippen molar-refractivity contribution in [2.75, 3.05) is 20.6 Å². The first kappa shape index (κ1) is 16.1. The maximum atomic E-state index is 4.24. The Hall–Kier alpha value is -0.930. The monoisotopic (exact) mass is 263 g/mol. The predicted molar refractivity (Wildman–Crippen MR) is 82.4 cm³/mol. The lowest BCUT2D eigenvalue weighted by Gasteiger charge is -2.45. The summed E-state index contributed by atoms with van der Waals surface area (Å²) < 4.78 is 0. The van der Waals surface area contributed by atoms with E-state index < -0.39 is 0 Å². The number of aromatic nitrogens is 1. The van der Waals surface area contributed by atoms with E-state index in [1.807, 2.05) is 18.5 Å². The summed E-state index contributed by atoms with van der Waals surface area (Å²) in [6, 6.07) is 4.64. The number of nitrogens with zero attached hydrogens (tertiary/aromatic N) is 2. The van der Waals surface area contributed by atoms with E-state index >= 15 is 0 Å². The van der Waals surface area contributed by atoms with Gasteiger partial charge in [-0.05, 0) is 51.5 Å². The molecule has 0 saturated carbocycles. The first-order chi connectivity index (χ1) is 9.10. The van der Waals surface area contributed by atoms with Crippen LogP contribution in [0.2, 0.25) is 0 Å². The maximum Gasteiger partial charge on any atom is 0.0354 e. The molecule has 0 aliphatic heterocycles. The first-order valence-corrected chi connectivity index (χ1v) is 7.40. The largest absolute Gasteiger partial charge is 0.312 e. The molecule has 0 aromatic carbocycles. The summed E-state index contributed by atoms with van der Waals surface area (Å²) in [5.74, 6) is 0. The zero-order valence-electron chi connectivity index (χ0n) is 13.1. The van der Waals surface area contributed by atoms with Gasteiger partial charge < -0.3 is 10.2 Å². The highest BCUT2D eigenvalue weighted by Crippen LogP contribution is 2.28. The fourth-order valence-corrected chi connectivity index (χ4v) is 3.14. The summed E-state index contributed by atoms with van der Waals surface area (Å²) in [5.41, 5.74) is 1.51. The Morgan fingerprint density at radius 3 is 2.37 bits per heavy atom. The molecule has 0 radical (unpaired) electrons.